The van der Waals surface area contributed by atoms with Crippen LogP contribution in [-0.2, 0) is 6.54 Å². The number of nitrogens with two attached hydrogens (primary N) is 1. The highest BCUT2D eigenvalue weighted by molar-refractivity contribution is 5.29. The van der Waals surface area contributed by atoms with E-state index in [1.165, 1.54) is 11.1 Å². The minimum absolute atomic E-state index is 0.577. The minimum atomic E-state index is 0.577. The second kappa shape index (κ2) is 5.61. The zero-order valence-corrected chi connectivity index (χ0v) is 8.87. The standard InChI is InChI=1S/C13H19N/c1-3-4-7-11(2)13-9-6-5-8-12(13)10-14/h3,5-6,8-9,11H,1,4,7,10,14H2,2H3. The molecule has 1 heteroatoms. The third kappa shape index (κ3) is 2.71. The van der Waals surface area contributed by atoms with Gasteiger partial charge in [0.1, 0.15) is 0 Å². The normalized spacial score (nSPS) is 12.4. The summed E-state index contributed by atoms with van der Waals surface area (Å²) in [7, 11) is 0. The second-order valence-corrected chi connectivity index (χ2v) is 3.67. The van der Waals surface area contributed by atoms with Gasteiger partial charge in [0.25, 0.3) is 0 Å². The van der Waals surface area contributed by atoms with Gasteiger partial charge >= 0.3 is 0 Å². The summed E-state index contributed by atoms with van der Waals surface area (Å²) in [4.78, 5) is 0. The fraction of sp³-hybridized carbons (Fsp3) is 0.385. The molecule has 0 aliphatic heterocycles. The summed E-state index contributed by atoms with van der Waals surface area (Å²) < 4.78 is 0. The van der Waals surface area contributed by atoms with Crippen LogP contribution in [0.3, 0.4) is 0 Å². The van der Waals surface area contributed by atoms with Crippen LogP contribution in [0.1, 0.15) is 36.8 Å². The molecule has 0 saturated heterocycles. The molecule has 2 N–H and O–H groups in total. The molecule has 14 heavy (non-hydrogen) atoms. The summed E-state index contributed by atoms with van der Waals surface area (Å²) in [5.74, 6) is 0.577. The van der Waals surface area contributed by atoms with Gasteiger partial charge in [-0.25, -0.2) is 0 Å². The molecule has 1 aromatic rings. The first-order valence-electron chi connectivity index (χ1n) is 5.18. The van der Waals surface area contributed by atoms with Crippen molar-refractivity contribution >= 4 is 0 Å². The van der Waals surface area contributed by atoms with Crippen LogP contribution in [0.15, 0.2) is 36.9 Å². The van der Waals surface area contributed by atoms with Gasteiger partial charge in [0.2, 0.25) is 0 Å². The van der Waals surface area contributed by atoms with Crippen LogP contribution < -0.4 is 5.73 Å². The molecule has 0 heterocycles. The summed E-state index contributed by atoms with van der Waals surface area (Å²) in [6.07, 6.45) is 4.20. The van der Waals surface area contributed by atoms with Gasteiger partial charge in [-0.1, -0.05) is 37.3 Å². The number of rotatable bonds is 5. The Bertz CT molecular complexity index is 291. The molecule has 1 unspecified atom stereocenters. The van der Waals surface area contributed by atoms with E-state index in [1.54, 1.807) is 0 Å². The van der Waals surface area contributed by atoms with E-state index in [2.05, 4.69) is 31.7 Å². The lowest BCUT2D eigenvalue weighted by atomic mass is 9.92. The minimum Gasteiger partial charge on any atom is -0.326 e. The summed E-state index contributed by atoms with van der Waals surface area (Å²) in [5, 5.41) is 0. The number of allylic oxidation sites excluding steroid dienone is 1. The van der Waals surface area contributed by atoms with E-state index < -0.39 is 0 Å². The van der Waals surface area contributed by atoms with E-state index in [-0.39, 0.29) is 0 Å². The van der Waals surface area contributed by atoms with Crippen LogP contribution in [0.4, 0.5) is 0 Å². The van der Waals surface area contributed by atoms with E-state index in [0.29, 0.717) is 12.5 Å². The van der Waals surface area contributed by atoms with Crippen LogP contribution >= 0.6 is 0 Å². The summed E-state index contributed by atoms with van der Waals surface area (Å²) in [6.45, 7) is 6.63. The largest absolute Gasteiger partial charge is 0.326 e. The smallest absolute Gasteiger partial charge is 0.0180 e. The van der Waals surface area contributed by atoms with Crippen LogP contribution in [0.25, 0.3) is 0 Å². The van der Waals surface area contributed by atoms with Gasteiger partial charge in [0, 0.05) is 6.54 Å². The molecule has 1 atom stereocenters. The van der Waals surface area contributed by atoms with E-state index in [0.717, 1.165) is 12.8 Å². The van der Waals surface area contributed by atoms with Gasteiger partial charge in [-0.15, -0.1) is 6.58 Å². The van der Waals surface area contributed by atoms with Crippen molar-refractivity contribution in [2.24, 2.45) is 5.73 Å². The van der Waals surface area contributed by atoms with E-state index in [9.17, 15) is 0 Å². The van der Waals surface area contributed by atoms with Crippen molar-refractivity contribution in [1.82, 2.24) is 0 Å². The molecule has 0 saturated carbocycles. The molecule has 0 radical (unpaired) electrons. The lowest BCUT2D eigenvalue weighted by molar-refractivity contribution is 0.683. The zero-order chi connectivity index (χ0) is 10.4. The molecule has 0 spiro atoms. The maximum absolute atomic E-state index is 5.70. The first kappa shape index (κ1) is 11.0. The maximum Gasteiger partial charge on any atom is 0.0180 e. The molecular formula is C13H19N. The van der Waals surface area contributed by atoms with Crippen LogP contribution in [-0.4, -0.2) is 0 Å². The first-order chi connectivity index (χ1) is 6.79. The van der Waals surface area contributed by atoms with Crippen molar-refractivity contribution in [3.8, 4) is 0 Å². The molecular weight excluding hydrogens is 170 g/mol. The fourth-order valence-electron chi connectivity index (χ4n) is 1.72. The van der Waals surface area contributed by atoms with Crippen molar-refractivity contribution < 1.29 is 0 Å². The van der Waals surface area contributed by atoms with E-state index >= 15 is 0 Å². The third-order valence-corrected chi connectivity index (χ3v) is 2.61. The number of benzene rings is 1. The molecule has 0 aromatic heterocycles. The maximum atomic E-state index is 5.70. The number of hydrogen-bond donors (Lipinski definition) is 1. The molecule has 0 aliphatic carbocycles. The highest BCUT2D eigenvalue weighted by atomic mass is 14.5. The Morgan fingerprint density at radius 3 is 2.79 bits per heavy atom. The molecule has 0 aliphatic rings. The number of hydrogen-bond acceptors (Lipinski definition) is 1. The third-order valence-electron chi connectivity index (χ3n) is 2.61. The van der Waals surface area contributed by atoms with E-state index in [1.807, 2.05) is 12.1 Å². The highest BCUT2D eigenvalue weighted by Gasteiger charge is 2.07. The van der Waals surface area contributed by atoms with Gasteiger partial charge in [-0.05, 0) is 29.9 Å². The van der Waals surface area contributed by atoms with Gasteiger partial charge in [0.15, 0.2) is 0 Å². The topological polar surface area (TPSA) is 26.0 Å². The van der Waals surface area contributed by atoms with Crippen molar-refractivity contribution in [1.29, 1.82) is 0 Å². The van der Waals surface area contributed by atoms with Crippen molar-refractivity contribution in [3.05, 3.63) is 48.0 Å². The quantitative estimate of drug-likeness (QED) is 0.707. The molecule has 1 aromatic carbocycles. The molecule has 76 valence electrons. The van der Waals surface area contributed by atoms with Crippen molar-refractivity contribution in [2.45, 2.75) is 32.2 Å². The molecule has 0 amide bonds. The molecule has 0 bridgehead atoms. The Hall–Kier alpha value is -1.08. The Kier molecular flexibility index (Phi) is 4.41. The molecule has 1 nitrogen and oxygen atoms in total. The summed E-state index contributed by atoms with van der Waals surface area (Å²) >= 11 is 0. The van der Waals surface area contributed by atoms with Gasteiger partial charge < -0.3 is 5.73 Å². The first-order valence-corrected chi connectivity index (χ1v) is 5.18. The summed E-state index contributed by atoms with van der Waals surface area (Å²) in [5.41, 5.74) is 8.35. The SMILES string of the molecule is C=CCCC(C)c1ccccc1CN. The van der Waals surface area contributed by atoms with E-state index in [4.69, 9.17) is 5.73 Å². The lowest BCUT2D eigenvalue weighted by Gasteiger charge is -2.14. The predicted octanol–water partition coefficient (Wildman–Crippen LogP) is 3.22. The second-order valence-electron chi connectivity index (χ2n) is 3.67. The Labute approximate surface area is 86.6 Å². The lowest BCUT2D eigenvalue weighted by Crippen LogP contribution is -2.04. The van der Waals surface area contributed by atoms with Crippen LogP contribution in [0.2, 0.25) is 0 Å². The average Bonchev–Trinajstić information content (AvgIpc) is 2.25. The molecule has 1 rings (SSSR count). The monoisotopic (exact) mass is 189 g/mol. The van der Waals surface area contributed by atoms with Crippen molar-refractivity contribution in [3.63, 3.8) is 0 Å². The fourth-order valence-corrected chi connectivity index (χ4v) is 1.72. The highest BCUT2D eigenvalue weighted by Crippen LogP contribution is 2.23. The van der Waals surface area contributed by atoms with Crippen molar-refractivity contribution in [2.75, 3.05) is 0 Å². The Balaban J connectivity index is 2.77. The molecule has 0 fully saturated rings. The average molecular weight is 189 g/mol. The predicted molar refractivity (Wildman–Crippen MR) is 62.2 cm³/mol. The van der Waals surface area contributed by atoms with Gasteiger partial charge in [-0.2, -0.15) is 0 Å². The summed E-state index contributed by atoms with van der Waals surface area (Å²) in [6, 6.07) is 8.42. The van der Waals surface area contributed by atoms with Crippen LogP contribution in [0.5, 0.6) is 0 Å². The zero-order valence-electron chi connectivity index (χ0n) is 8.87. The van der Waals surface area contributed by atoms with Crippen LogP contribution in [0, 0.1) is 0 Å². The van der Waals surface area contributed by atoms with Gasteiger partial charge in [0.05, 0.1) is 0 Å². The Morgan fingerprint density at radius 2 is 2.14 bits per heavy atom. The Morgan fingerprint density at radius 1 is 1.43 bits per heavy atom. The van der Waals surface area contributed by atoms with Gasteiger partial charge in [-0.3, -0.25) is 0 Å².